The third kappa shape index (κ3) is 3.72. The molecule has 2 fully saturated rings. The molecule has 118 valence electrons. The van der Waals surface area contributed by atoms with Gasteiger partial charge in [0.15, 0.2) is 9.84 Å². The van der Waals surface area contributed by atoms with E-state index in [0.717, 1.165) is 12.8 Å². The predicted molar refractivity (Wildman–Crippen MR) is 78.5 cm³/mol. The smallest absolute Gasteiger partial charge is 0.150 e. The van der Waals surface area contributed by atoms with E-state index in [4.69, 9.17) is 5.84 Å². The zero-order chi connectivity index (χ0) is 15.0. The Bertz CT molecular complexity index is 544. The fourth-order valence-electron chi connectivity index (χ4n) is 3.66. The second-order valence-corrected chi connectivity index (χ2v) is 10.8. The quantitative estimate of drug-likeness (QED) is 0.550. The maximum atomic E-state index is 11.7. The fraction of sp³-hybridized carbons (Fsp3) is 1.00. The van der Waals surface area contributed by atoms with Gasteiger partial charge in [0.05, 0.1) is 16.8 Å². The molecule has 4 unspecified atom stereocenters. The van der Waals surface area contributed by atoms with Crippen molar-refractivity contribution in [3.8, 4) is 0 Å². The minimum Gasteiger partial charge on any atom is -0.271 e. The molecule has 1 heterocycles. The Hall–Kier alpha value is -0.180. The van der Waals surface area contributed by atoms with E-state index in [1.54, 1.807) is 0 Å². The first kappa shape index (κ1) is 16.2. The molecule has 3 N–H and O–H groups in total. The molecular formula is C12H24N2O4S2. The summed E-state index contributed by atoms with van der Waals surface area (Å²) in [5, 5.41) is -0.310. The molecule has 0 aromatic carbocycles. The van der Waals surface area contributed by atoms with Crippen LogP contribution in [0.5, 0.6) is 0 Å². The van der Waals surface area contributed by atoms with Gasteiger partial charge in [0, 0.05) is 12.3 Å². The Labute approximate surface area is 121 Å². The molecule has 1 saturated carbocycles. The largest absolute Gasteiger partial charge is 0.271 e. The highest BCUT2D eigenvalue weighted by atomic mass is 32.2. The van der Waals surface area contributed by atoms with Gasteiger partial charge in [0.2, 0.25) is 0 Å². The average Bonchev–Trinajstić information content (AvgIpc) is 2.70. The van der Waals surface area contributed by atoms with E-state index >= 15 is 0 Å². The number of nitrogens with two attached hydrogens (primary N) is 1. The van der Waals surface area contributed by atoms with E-state index < -0.39 is 19.7 Å². The van der Waals surface area contributed by atoms with Gasteiger partial charge in [-0.3, -0.25) is 11.3 Å². The molecule has 1 aliphatic heterocycles. The van der Waals surface area contributed by atoms with Crippen LogP contribution >= 0.6 is 0 Å². The highest BCUT2D eigenvalue weighted by molar-refractivity contribution is 7.91. The summed E-state index contributed by atoms with van der Waals surface area (Å²) in [6, 6.07) is -0.100. The third-order valence-corrected chi connectivity index (χ3v) is 8.18. The van der Waals surface area contributed by atoms with Crippen LogP contribution in [0, 0.1) is 11.8 Å². The third-order valence-electron chi connectivity index (χ3n) is 4.75. The molecule has 8 heteroatoms. The molecule has 20 heavy (non-hydrogen) atoms. The zero-order valence-electron chi connectivity index (χ0n) is 11.8. The highest BCUT2D eigenvalue weighted by Crippen LogP contribution is 2.35. The summed E-state index contributed by atoms with van der Waals surface area (Å²) >= 11 is 0. The normalized spacial score (nSPS) is 35.8. The van der Waals surface area contributed by atoms with E-state index in [9.17, 15) is 16.8 Å². The van der Waals surface area contributed by atoms with Crippen LogP contribution in [0.15, 0.2) is 0 Å². The van der Waals surface area contributed by atoms with E-state index in [2.05, 4.69) is 5.43 Å². The van der Waals surface area contributed by atoms with Crippen molar-refractivity contribution in [1.29, 1.82) is 0 Å². The van der Waals surface area contributed by atoms with Crippen LogP contribution in [0.2, 0.25) is 0 Å². The Kier molecular flexibility index (Phi) is 4.78. The van der Waals surface area contributed by atoms with Crippen LogP contribution in [0.25, 0.3) is 0 Å². The van der Waals surface area contributed by atoms with E-state index in [1.165, 1.54) is 6.26 Å². The van der Waals surface area contributed by atoms with Gasteiger partial charge < -0.3 is 0 Å². The minimum atomic E-state index is -3.03. The Morgan fingerprint density at radius 3 is 2.40 bits per heavy atom. The van der Waals surface area contributed by atoms with Crippen molar-refractivity contribution in [3.05, 3.63) is 0 Å². The average molecular weight is 324 g/mol. The van der Waals surface area contributed by atoms with Gasteiger partial charge in [-0.1, -0.05) is 6.42 Å². The molecule has 0 aromatic rings. The summed E-state index contributed by atoms with van der Waals surface area (Å²) in [7, 11) is -5.98. The first-order valence-corrected chi connectivity index (χ1v) is 10.9. The molecule has 0 amide bonds. The van der Waals surface area contributed by atoms with Gasteiger partial charge >= 0.3 is 0 Å². The molecule has 1 saturated heterocycles. The summed E-state index contributed by atoms with van der Waals surface area (Å²) in [5.74, 6) is 6.17. The summed E-state index contributed by atoms with van der Waals surface area (Å²) in [6.45, 7) is 0. The Balaban J connectivity index is 2.08. The van der Waals surface area contributed by atoms with E-state index in [1.807, 2.05) is 0 Å². The van der Waals surface area contributed by atoms with Crippen molar-refractivity contribution < 1.29 is 16.8 Å². The number of rotatable bonds is 4. The van der Waals surface area contributed by atoms with Gasteiger partial charge in [-0.15, -0.1) is 0 Å². The number of sulfone groups is 2. The summed E-state index contributed by atoms with van der Waals surface area (Å²) in [4.78, 5) is 0. The first-order valence-electron chi connectivity index (χ1n) is 7.08. The molecular weight excluding hydrogens is 300 g/mol. The Morgan fingerprint density at radius 2 is 1.90 bits per heavy atom. The van der Waals surface area contributed by atoms with Crippen LogP contribution in [0.1, 0.15) is 32.1 Å². The molecule has 4 atom stereocenters. The molecule has 0 bridgehead atoms. The van der Waals surface area contributed by atoms with Crippen LogP contribution in [-0.2, 0) is 19.7 Å². The first-order chi connectivity index (χ1) is 9.23. The molecule has 1 aliphatic carbocycles. The second kappa shape index (κ2) is 5.90. The SMILES string of the molecule is CS(=O)(=O)C1CCCC(C(NN)C2CCS(=O)(=O)C2)C1. The van der Waals surface area contributed by atoms with Crippen LogP contribution < -0.4 is 11.3 Å². The van der Waals surface area contributed by atoms with Gasteiger partial charge in [-0.05, 0) is 37.5 Å². The minimum absolute atomic E-state index is 0.00769. The molecule has 0 aromatic heterocycles. The number of hydrogen-bond acceptors (Lipinski definition) is 6. The maximum Gasteiger partial charge on any atom is 0.150 e. The number of hydrogen-bond donors (Lipinski definition) is 2. The molecule has 2 aliphatic rings. The van der Waals surface area contributed by atoms with Gasteiger partial charge in [0.25, 0.3) is 0 Å². The van der Waals surface area contributed by atoms with Crippen molar-refractivity contribution in [2.45, 2.75) is 43.4 Å². The van der Waals surface area contributed by atoms with Crippen molar-refractivity contribution in [3.63, 3.8) is 0 Å². The van der Waals surface area contributed by atoms with Crippen molar-refractivity contribution in [1.82, 2.24) is 5.43 Å². The van der Waals surface area contributed by atoms with E-state index in [-0.39, 0.29) is 34.6 Å². The summed E-state index contributed by atoms with van der Waals surface area (Å²) in [6.07, 6.45) is 4.97. The number of nitrogens with one attached hydrogen (secondary N) is 1. The standard InChI is InChI=1S/C12H24N2O4S2/c1-19(15,16)11-4-2-3-9(7-11)12(14-13)10-5-6-20(17,18)8-10/h9-12,14H,2-8,13H2,1H3. The molecule has 0 spiro atoms. The molecule has 6 nitrogen and oxygen atoms in total. The maximum absolute atomic E-state index is 11.7. The van der Waals surface area contributed by atoms with Gasteiger partial charge in [-0.25, -0.2) is 16.8 Å². The lowest BCUT2D eigenvalue weighted by molar-refractivity contribution is 0.219. The van der Waals surface area contributed by atoms with Crippen molar-refractivity contribution in [2.24, 2.45) is 17.7 Å². The van der Waals surface area contributed by atoms with Gasteiger partial charge in [-0.2, -0.15) is 0 Å². The highest BCUT2D eigenvalue weighted by Gasteiger charge is 2.40. The fourth-order valence-corrected chi connectivity index (χ4v) is 6.71. The van der Waals surface area contributed by atoms with E-state index in [0.29, 0.717) is 19.3 Å². The number of hydrazine groups is 1. The molecule has 0 radical (unpaired) electrons. The van der Waals surface area contributed by atoms with Crippen molar-refractivity contribution >= 4 is 19.7 Å². The Morgan fingerprint density at radius 1 is 1.20 bits per heavy atom. The van der Waals surface area contributed by atoms with Crippen LogP contribution in [0.4, 0.5) is 0 Å². The van der Waals surface area contributed by atoms with Crippen LogP contribution in [-0.4, -0.2) is 45.9 Å². The summed E-state index contributed by atoms with van der Waals surface area (Å²) in [5.41, 5.74) is 2.76. The lowest BCUT2D eigenvalue weighted by Crippen LogP contribution is -2.49. The molecule has 2 rings (SSSR count). The summed E-state index contributed by atoms with van der Waals surface area (Å²) < 4.78 is 46.6. The van der Waals surface area contributed by atoms with Gasteiger partial charge in [0.1, 0.15) is 9.84 Å². The lowest BCUT2D eigenvalue weighted by Gasteiger charge is -2.36. The predicted octanol–water partition coefficient (Wildman–Crippen LogP) is -0.144. The monoisotopic (exact) mass is 324 g/mol. The lowest BCUT2D eigenvalue weighted by atomic mass is 9.78. The topological polar surface area (TPSA) is 106 Å². The van der Waals surface area contributed by atoms with Crippen LogP contribution in [0.3, 0.4) is 0 Å². The second-order valence-electron chi connectivity index (χ2n) is 6.23. The zero-order valence-corrected chi connectivity index (χ0v) is 13.4. The van der Waals surface area contributed by atoms with Crippen molar-refractivity contribution in [2.75, 3.05) is 17.8 Å².